The molecular weight excluding hydrogens is 302 g/mol. The minimum atomic E-state index is 0.197. The Morgan fingerprint density at radius 2 is 1.79 bits per heavy atom. The van der Waals surface area contributed by atoms with Crippen molar-refractivity contribution in [1.82, 2.24) is 24.6 Å². The van der Waals surface area contributed by atoms with Crippen molar-refractivity contribution in [3.63, 3.8) is 0 Å². The zero-order chi connectivity index (χ0) is 16.1. The van der Waals surface area contributed by atoms with E-state index in [0.717, 1.165) is 45.0 Å². The quantitative estimate of drug-likeness (QED) is 0.828. The molecule has 4 aliphatic rings. The van der Waals surface area contributed by atoms with Crippen molar-refractivity contribution in [1.29, 1.82) is 0 Å². The van der Waals surface area contributed by atoms with Gasteiger partial charge >= 0.3 is 0 Å². The molecule has 2 saturated heterocycles. The second-order valence-electron chi connectivity index (χ2n) is 8.10. The highest BCUT2D eigenvalue weighted by molar-refractivity contribution is 5.79. The smallest absolute Gasteiger partial charge is 0.227 e. The summed E-state index contributed by atoms with van der Waals surface area (Å²) in [6.07, 6.45) is 8.47. The van der Waals surface area contributed by atoms with Gasteiger partial charge in [0.1, 0.15) is 11.6 Å². The van der Waals surface area contributed by atoms with Crippen LogP contribution in [0, 0.1) is 5.92 Å². The second kappa shape index (κ2) is 5.83. The molecular formula is C18H27N5O. The first-order valence-electron chi connectivity index (χ1n) is 9.74. The van der Waals surface area contributed by atoms with E-state index in [4.69, 9.17) is 0 Å². The van der Waals surface area contributed by atoms with Crippen molar-refractivity contribution < 1.29 is 4.79 Å². The van der Waals surface area contributed by atoms with E-state index in [0.29, 0.717) is 17.9 Å². The first-order valence-corrected chi connectivity index (χ1v) is 9.74. The van der Waals surface area contributed by atoms with Crippen molar-refractivity contribution in [3.8, 4) is 0 Å². The molecule has 2 aliphatic carbocycles. The number of rotatable bonds is 5. The average Bonchev–Trinajstić information content (AvgIpc) is 3.46. The number of likely N-dealkylation sites (tertiary alicyclic amines) is 2. The molecule has 130 valence electrons. The van der Waals surface area contributed by atoms with Crippen molar-refractivity contribution in [2.24, 2.45) is 5.92 Å². The Morgan fingerprint density at radius 3 is 2.50 bits per heavy atom. The lowest BCUT2D eigenvalue weighted by molar-refractivity contribution is -0.134. The molecule has 1 atom stereocenters. The average molecular weight is 329 g/mol. The molecule has 1 aromatic rings. The summed E-state index contributed by atoms with van der Waals surface area (Å²) in [5.41, 5.74) is 0. The van der Waals surface area contributed by atoms with Gasteiger partial charge in [0, 0.05) is 31.6 Å². The summed E-state index contributed by atoms with van der Waals surface area (Å²) >= 11 is 0. The number of aromatic nitrogens is 3. The zero-order valence-corrected chi connectivity index (χ0v) is 14.4. The largest absolute Gasteiger partial charge is 0.342 e. The summed E-state index contributed by atoms with van der Waals surface area (Å²) < 4.78 is 2.44. The normalized spacial score (nSPS) is 28.0. The van der Waals surface area contributed by atoms with Crippen molar-refractivity contribution in [2.45, 2.75) is 63.5 Å². The van der Waals surface area contributed by atoms with Gasteiger partial charge in [0.15, 0.2) is 0 Å². The number of carbonyl (C=O) groups is 1. The van der Waals surface area contributed by atoms with Crippen LogP contribution in [0.5, 0.6) is 0 Å². The number of hydrogen-bond donors (Lipinski definition) is 0. The molecule has 6 nitrogen and oxygen atoms in total. The molecule has 1 unspecified atom stereocenters. The van der Waals surface area contributed by atoms with Gasteiger partial charge < -0.3 is 9.47 Å². The van der Waals surface area contributed by atoms with Crippen LogP contribution in [-0.4, -0.2) is 56.7 Å². The molecule has 6 heteroatoms. The van der Waals surface area contributed by atoms with E-state index in [9.17, 15) is 4.79 Å². The Hall–Kier alpha value is -1.43. The summed E-state index contributed by atoms with van der Waals surface area (Å²) in [7, 11) is 0. The highest BCUT2D eigenvalue weighted by atomic mass is 16.2. The third-order valence-electron chi connectivity index (χ3n) is 6.05. The molecule has 0 aromatic carbocycles. The van der Waals surface area contributed by atoms with Gasteiger partial charge in [-0.25, -0.2) is 0 Å². The van der Waals surface area contributed by atoms with Gasteiger partial charge in [-0.1, -0.05) is 0 Å². The third-order valence-corrected chi connectivity index (χ3v) is 6.05. The number of carbonyl (C=O) groups excluding carboxylic acids is 1. The monoisotopic (exact) mass is 329 g/mol. The topological polar surface area (TPSA) is 54.3 Å². The minimum absolute atomic E-state index is 0.197. The number of amides is 1. The molecule has 0 spiro atoms. The maximum absolute atomic E-state index is 12.6. The fraction of sp³-hybridized carbons (Fsp3) is 0.833. The zero-order valence-electron chi connectivity index (χ0n) is 14.4. The highest BCUT2D eigenvalue weighted by Gasteiger charge is 2.38. The Morgan fingerprint density at radius 1 is 1.00 bits per heavy atom. The van der Waals surface area contributed by atoms with Crippen molar-refractivity contribution in [3.05, 3.63) is 11.6 Å². The van der Waals surface area contributed by atoms with Crippen LogP contribution in [-0.2, 0) is 11.3 Å². The molecule has 2 saturated carbocycles. The molecule has 0 radical (unpaired) electrons. The van der Waals surface area contributed by atoms with Gasteiger partial charge in [0.2, 0.25) is 5.91 Å². The van der Waals surface area contributed by atoms with E-state index in [1.807, 2.05) is 0 Å². The Bertz CT molecular complexity index is 627. The molecule has 5 rings (SSSR count). The van der Waals surface area contributed by atoms with E-state index < -0.39 is 0 Å². The predicted octanol–water partition coefficient (Wildman–Crippen LogP) is 1.93. The van der Waals surface area contributed by atoms with E-state index in [1.54, 1.807) is 0 Å². The standard InChI is InChI=1S/C18H27N5O/c24-18(22-8-1-2-9-22)14-7-10-21(11-14)12-16-19-20-17(13-3-4-13)23(16)15-5-6-15/h13-15H,1-12H2. The Kier molecular flexibility index (Phi) is 3.61. The van der Waals surface area contributed by atoms with Crippen LogP contribution >= 0.6 is 0 Å². The molecule has 0 N–H and O–H groups in total. The van der Waals surface area contributed by atoms with Gasteiger partial charge in [-0.15, -0.1) is 10.2 Å². The molecule has 3 heterocycles. The molecule has 24 heavy (non-hydrogen) atoms. The maximum atomic E-state index is 12.6. The summed E-state index contributed by atoms with van der Waals surface area (Å²) in [6.45, 7) is 4.71. The van der Waals surface area contributed by atoms with E-state index in [-0.39, 0.29) is 5.92 Å². The first-order chi connectivity index (χ1) is 11.8. The van der Waals surface area contributed by atoms with Gasteiger partial charge in [0.05, 0.1) is 12.5 Å². The molecule has 4 fully saturated rings. The van der Waals surface area contributed by atoms with Gasteiger partial charge in [-0.3, -0.25) is 9.69 Å². The predicted molar refractivity (Wildman–Crippen MR) is 89.5 cm³/mol. The summed E-state index contributed by atoms with van der Waals surface area (Å²) in [5.74, 6) is 3.61. The van der Waals surface area contributed by atoms with E-state index >= 15 is 0 Å². The van der Waals surface area contributed by atoms with Crippen LogP contribution in [0.15, 0.2) is 0 Å². The van der Waals surface area contributed by atoms with E-state index in [2.05, 4.69) is 24.6 Å². The van der Waals surface area contributed by atoms with Crippen LogP contribution < -0.4 is 0 Å². The fourth-order valence-corrected chi connectivity index (χ4v) is 4.37. The molecule has 1 aromatic heterocycles. The molecule has 2 aliphatic heterocycles. The SMILES string of the molecule is O=C(C1CCN(Cc2nnc(C3CC3)n2C2CC2)C1)N1CCCC1. The Balaban J connectivity index is 1.25. The van der Waals surface area contributed by atoms with Crippen molar-refractivity contribution in [2.75, 3.05) is 26.2 Å². The number of hydrogen-bond acceptors (Lipinski definition) is 4. The van der Waals surface area contributed by atoms with Crippen LogP contribution in [0.3, 0.4) is 0 Å². The minimum Gasteiger partial charge on any atom is -0.342 e. The number of nitrogens with zero attached hydrogens (tertiary/aromatic N) is 5. The van der Waals surface area contributed by atoms with Crippen molar-refractivity contribution >= 4 is 5.91 Å². The van der Waals surface area contributed by atoms with Crippen LogP contribution in [0.4, 0.5) is 0 Å². The highest BCUT2D eigenvalue weighted by Crippen LogP contribution is 2.44. The lowest BCUT2D eigenvalue weighted by atomic mass is 10.1. The molecule has 1 amide bonds. The van der Waals surface area contributed by atoms with Crippen LogP contribution in [0.1, 0.15) is 68.6 Å². The summed E-state index contributed by atoms with van der Waals surface area (Å²) in [5, 5.41) is 9.04. The fourth-order valence-electron chi connectivity index (χ4n) is 4.37. The summed E-state index contributed by atoms with van der Waals surface area (Å²) in [4.78, 5) is 17.1. The van der Waals surface area contributed by atoms with Crippen LogP contribution in [0.25, 0.3) is 0 Å². The second-order valence-corrected chi connectivity index (χ2v) is 8.10. The maximum Gasteiger partial charge on any atom is 0.227 e. The van der Waals surface area contributed by atoms with Gasteiger partial charge in [0.25, 0.3) is 0 Å². The Labute approximate surface area is 143 Å². The molecule has 0 bridgehead atoms. The van der Waals surface area contributed by atoms with Crippen LogP contribution in [0.2, 0.25) is 0 Å². The lowest BCUT2D eigenvalue weighted by Crippen LogP contribution is -2.35. The third kappa shape index (κ3) is 2.75. The summed E-state index contributed by atoms with van der Waals surface area (Å²) in [6, 6.07) is 0.648. The van der Waals surface area contributed by atoms with Gasteiger partial charge in [-0.2, -0.15) is 0 Å². The lowest BCUT2D eigenvalue weighted by Gasteiger charge is -2.20. The first kappa shape index (κ1) is 14.9. The van der Waals surface area contributed by atoms with E-state index in [1.165, 1.54) is 44.3 Å². The van der Waals surface area contributed by atoms with Gasteiger partial charge in [-0.05, 0) is 51.5 Å².